The lowest BCUT2D eigenvalue weighted by atomic mass is 10.1. The molecule has 0 amide bonds. The van der Waals surface area contributed by atoms with Crippen molar-refractivity contribution in [2.24, 2.45) is 5.41 Å². The third-order valence-corrected chi connectivity index (χ3v) is 3.94. The molecule has 4 nitrogen and oxygen atoms in total. The Labute approximate surface area is 112 Å². The van der Waals surface area contributed by atoms with Crippen LogP contribution >= 0.6 is 0 Å². The topological polar surface area (TPSA) is 58.3 Å². The summed E-state index contributed by atoms with van der Waals surface area (Å²) in [5.41, 5.74) is 3.24. The number of hydrogen-bond acceptors (Lipinski definition) is 4. The van der Waals surface area contributed by atoms with Crippen LogP contribution in [0.5, 0.6) is 0 Å². The number of benzene rings is 1. The van der Waals surface area contributed by atoms with Gasteiger partial charge >= 0.3 is 0 Å². The molecule has 19 heavy (non-hydrogen) atoms. The molecule has 0 atom stereocenters. The largest absolute Gasteiger partial charge is 0.441 e. The summed E-state index contributed by atoms with van der Waals surface area (Å²) in [6.07, 6.45) is 3.28. The van der Waals surface area contributed by atoms with Crippen LogP contribution in [0, 0.1) is 12.3 Å². The number of oxazole rings is 1. The van der Waals surface area contributed by atoms with Gasteiger partial charge in [0.2, 0.25) is 0 Å². The van der Waals surface area contributed by atoms with Gasteiger partial charge in [-0.2, -0.15) is 0 Å². The van der Waals surface area contributed by atoms with E-state index in [9.17, 15) is 5.11 Å². The van der Waals surface area contributed by atoms with E-state index in [1.807, 2.05) is 13.0 Å². The maximum atomic E-state index is 9.23. The Kier molecular flexibility index (Phi) is 3.29. The van der Waals surface area contributed by atoms with Gasteiger partial charge in [0.25, 0.3) is 0 Å². The molecule has 1 saturated carbocycles. The highest BCUT2D eigenvalue weighted by atomic mass is 16.3. The van der Waals surface area contributed by atoms with Crippen molar-refractivity contribution >= 4 is 11.1 Å². The van der Waals surface area contributed by atoms with Crippen molar-refractivity contribution in [3.05, 3.63) is 29.7 Å². The van der Waals surface area contributed by atoms with Gasteiger partial charge in [0.15, 0.2) is 11.5 Å². The number of rotatable bonds is 6. The summed E-state index contributed by atoms with van der Waals surface area (Å²) in [5, 5.41) is 12.7. The normalized spacial score (nSPS) is 16.9. The number of aliphatic hydroxyl groups excluding tert-OH is 1. The molecule has 0 unspecified atom stereocenters. The zero-order chi connectivity index (χ0) is 13.3. The lowest BCUT2D eigenvalue weighted by Gasteiger charge is -2.12. The molecule has 1 aromatic heterocycles. The molecule has 0 saturated heterocycles. The molecule has 0 bridgehead atoms. The van der Waals surface area contributed by atoms with Gasteiger partial charge in [-0.15, -0.1) is 0 Å². The van der Waals surface area contributed by atoms with E-state index in [4.69, 9.17) is 4.42 Å². The minimum absolute atomic E-state index is 0.188. The molecule has 2 aromatic rings. The number of aryl methyl sites for hydroxylation is 1. The van der Waals surface area contributed by atoms with Crippen molar-refractivity contribution in [3.63, 3.8) is 0 Å². The molecule has 4 heteroatoms. The first kappa shape index (κ1) is 12.6. The summed E-state index contributed by atoms with van der Waals surface area (Å²) < 4.78 is 5.46. The van der Waals surface area contributed by atoms with Gasteiger partial charge < -0.3 is 14.8 Å². The van der Waals surface area contributed by atoms with Crippen LogP contribution in [0.15, 0.2) is 22.6 Å². The monoisotopic (exact) mass is 260 g/mol. The maximum Gasteiger partial charge on any atom is 0.192 e. The Morgan fingerprint density at radius 3 is 3.00 bits per heavy atom. The summed E-state index contributed by atoms with van der Waals surface area (Å²) in [4.78, 5) is 4.34. The molecule has 1 aromatic carbocycles. The first-order chi connectivity index (χ1) is 9.21. The van der Waals surface area contributed by atoms with E-state index in [0.29, 0.717) is 12.5 Å². The van der Waals surface area contributed by atoms with Gasteiger partial charge in [-0.1, -0.05) is 6.07 Å². The number of fused-ring (bicyclic) bond motifs is 1. The first-order valence-corrected chi connectivity index (χ1v) is 6.88. The average Bonchev–Trinajstić information content (AvgIpc) is 3.09. The van der Waals surface area contributed by atoms with Crippen molar-refractivity contribution in [1.82, 2.24) is 10.3 Å². The Hall–Kier alpha value is -1.39. The minimum atomic E-state index is 0.188. The fraction of sp³-hybridized carbons (Fsp3) is 0.533. The predicted octanol–water partition coefficient (Wildman–Crippen LogP) is 2.04. The molecule has 0 radical (unpaired) electrons. The van der Waals surface area contributed by atoms with Crippen molar-refractivity contribution in [3.8, 4) is 0 Å². The van der Waals surface area contributed by atoms with Crippen LogP contribution in [0.25, 0.3) is 11.1 Å². The van der Waals surface area contributed by atoms with E-state index < -0.39 is 0 Å². The van der Waals surface area contributed by atoms with Crippen LogP contribution in [-0.4, -0.2) is 29.8 Å². The second-order valence-electron chi connectivity index (χ2n) is 5.62. The smallest absolute Gasteiger partial charge is 0.192 e. The fourth-order valence-corrected chi connectivity index (χ4v) is 2.40. The second-order valence-corrected chi connectivity index (χ2v) is 5.62. The lowest BCUT2D eigenvalue weighted by molar-refractivity contribution is 0.208. The molecule has 1 fully saturated rings. The summed E-state index contributed by atoms with van der Waals surface area (Å²) in [6, 6.07) is 6.17. The van der Waals surface area contributed by atoms with Gasteiger partial charge in [0.05, 0.1) is 0 Å². The Morgan fingerprint density at radius 2 is 2.26 bits per heavy atom. The lowest BCUT2D eigenvalue weighted by Crippen LogP contribution is -2.28. The van der Waals surface area contributed by atoms with E-state index in [2.05, 4.69) is 22.4 Å². The predicted molar refractivity (Wildman–Crippen MR) is 74.1 cm³/mol. The highest BCUT2D eigenvalue weighted by molar-refractivity contribution is 5.73. The van der Waals surface area contributed by atoms with Crippen LogP contribution in [0.3, 0.4) is 0 Å². The van der Waals surface area contributed by atoms with Crippen LogP contribution < -0.4 is 5.32 Å². The summed E-state index contributed by atoms with van der Waals surface area (Å²) in [6.45, 7) is 4.04. The standard InChI is InChI=1S/C15H20N2O2/c1-11-17-13-8-12(2-3-14(13)19-11)4-7-16-9-15(10-18)5-6-15/h2-3,8,16,18H,4-7,9-10H2,1H3. The third-order valence-electron chi connectivity index (χ3n) is 3.94. The minimum Gasteiger partial charge on any atom is -0.441 e. The van der Waals surface area contributed by atoms with Crippen molar-refractivity contribution in [2.45, 2.75) is 26.2 Å². The van der Waals surface area contributed by atoms with Gasteiger partial charge in [0, 0.05) is 25.5 Å². The summed E-state index contributed by atoms with van der Waals surface area (Å²) >= 11 is 0. The third kappa shape index (κ3) is 2.80. The zero-order valence-corrected chi connectivity index (χ0v) is 11.3. The van der Waals surface area contributed by atoms with Crippen LogP contribution in [0.4, 0.5) is 0 Å². The van der Waals surface area contributed by atoms with Crippen LogP contribution in [0.2, 0.25) is 0 Å². The fourth-order valence-electron chi connectivity index (χ4n) is 2.40. The highest BCUT2D eigenvalue weighted by Crippen LogP contribution is 2.44. The number of nitrogens with zero attached hydrogens (tertiary/aromatic N) is 1. The van der Waals surface area contributed by atoms with Gasteiger partial charge in [-0.25, -0.2) is 4.98 Å². The van der Waals surface area contributed by atoms with Crippen LogP contribution in [-0.2, 0) is 6.42 Å². The van der Waals surface area contributed by atoms with E-state index in [0.717, 1.165) is 43.5 Å². The Bertz CT molecular complexity index is 573. The number of nitrogens with one attached hydrogen (secondary N) is 1. The maximum absolute atomic E-state index is 9.23. The summed E-state index contributed by atoms with van der Waals surface area (Å²) in [7, 11) is 0. The first-order valence-electron chi connectivity index (χ1n) is 6.88. The molecular formula is C15H20N2O2. The summed E-state index contributed by atoms with van der Waals surface area (Å²) in [5.74, 6) is 0.712. The number of aromatic nitrogens is 1. The molecule has 1 heterocycles. The van der Waals surface area contributed by atoms with Crippen molar-refractivity contribution < 1.29 is 9.52 Å². The Balaban J connectivity index is 1.53. The van der Waals surface area contributed by atoms with E-state index >= 15 is 0 Å². The Morgan fingerprint density at radius 1 is 1.42 bits per heavy atom. The van der Waals surface area contributed by atoms with Gasteiger partial charge in [-0.05, 0) is 43.5 Å². The molecular weight excluding hydrogens is 240 g/mol. The van der Waals surface area contributed by atoms with Gasteiger partial charge in [-0.3, -0.25) is 0 Å². The van der Waals surface area contributed by atoms with Crippen molar-refractivity contribution in [1.29, 1.82) is 0 Å². The van der Waals surface area contributed by atoms with Gasteiger partial charge in [0.1, 0.15) is 5.52 Å². The SMILES string of the molecule is Cc1nc2cc(CCNCC3(CO)CC3)ccc2o1. The molecule has 3 rings (SSSR count). The molecule has 102 valence electrons. The van der Waals surface area contributed by atoms with Crippen LogP contribution in [0.1, 0.15) is 24.3 Å². The number of hydrogen-bond donors (Lipinski definition) is 2. The van der Waals surface area contributed by atoms with E-state index in [1.165, 1.54) is 5.56 Å². The average molecular weight is 260 g/mol. The number of aliphatic hydroxyl groups is 1. The molecule has 2 N–H and O–H groups in total. The molecule has 1 aliphatic carbocycles. The van der Waals surface area contributed by atoms with E-state index in [-0.39, 0.29) is 5.41 Å². The molecule has 0 aliphatic heterocycles. The second kappa shape index (κ2) is 4.94. The highest BCUT2D eigenvalue weighted by Gasteiger charge is 2.41. The van der Waals surface area contributed by atoms with E-state index in [1.54, 1.807) is 0 Å². The molecule has 1 aliphatic rings. The zero-order valence-electron chi connectivity index (χ0n) is 11.3. The van der Waals surface area contributed by atoms with Crippen molar-refractivity contribution in [2.75, 3.05) is 19.7 Å². The quantitative estimate of drug-likeness (QED) is 0.780. The molecule has 0 spiro atoms.